The zero-order valence-corrected chi connectivity index (χ0v) is 10.4. The summed E-state index contributed by atoms with van der Waals surface area (Å²) in [6.07, 6.45) is 4.11. The van der Waals surface area contributed by atoms with E-state index in [1.807, 2.05) is 0 Å². The van der Waals surface area contributed by atoms with E-state index in [0.717, 1.165) is 25.7 Å². The normalized spacial score (nSPS) is 23.7. The Hall–Kier alpha value is -1.42. The molecule has 18 heavy (non-hydrogen) atoms. The largest absolute Gasteiger partial charge is 0.352 e. The predicted octanol–water partition coefficient (Wildman–Crippen LogP) is 2.07. The maximum absolute atomic E-state index is 13.4. The molecule has 2 rings (SSSR count). The zero-order chi connectivity index (χ0) is 13.0. The molecule has 0 radical (unpaired) electrons. The topological polar surface area (TPSA) is 55.1 Å². The lowest BCUT2D eigenvalue weighted by Gasteiger charge is -2.26. The number of carbonyl (C=O) groups is 1. The van der Waals surface area contributed by atoms with Crippen molar-refractivity contribution in [3.05, 3.63) is 35.6 Å². The van der Waals surface area contributed by atoms with Gasteiger partial charge in [-0.05, 0) is 43.7 Å². The van der Waals surface area contributed by atoms with Gasteiger partial charge >= 0.3 is 0 Å². The Labute approximate surface area is 107 Å². The van der Waals surface area contributed by atoms with Gasteiger partial charge in [0.05, 0.1) is 5.56 Å². The molecular formula is C14H19FN2O. The smallest absolute Gasteiger partial charge is 0.254 e. The Morgan fingerprint density at radius 2 is 1.94 bits per heavy atom. The van der Waals surface area contributed by atoms with Gasteiger partial charge in [-0.15, -0.1) is 0 Å². The average molecular weight is 250 g/mol. The Morgan fingerprint density at radius 3 is 2.61 bits per heavy atom. The van der Waals surface area contributed by atoms with Crippen LogP contribution in [0, 0.1) is 11.7 Å². The van der Waals surface area contributed by atoms with Crippen LogP contribution in [0.3, 0.4) is 0 Å². The second-order valence-electron chi connectivity index (χ2n) is 4.97. The fourth-order valence-corrected chi connectivity index (χ4v) is 2.37. The van der Waals surface area contributed by atoms with Crippen molar-refractivity contribution in [1.82, 2.24) is 5.32 Å². The summed E-state index contributed by atoms with van der Waals surface area (Å²) in [6, 6.07) is 6.35. The Kier molecular flexibility index (Phi) is 4.31. The molecule has 0 atom stereocenters. The van der Waals surface area contributed by atoms with Crippen LogP contribution in [0.25, 0.3) is 0 Å². The number of nitrogens with one attached hydrogen (secondary N) is 1. The number of hydrogen-bond acceptors (Lipinski definition) is 2. The summed E-state index contributed by atoms with van der Waals surface area (Å²) in [4.78, 5) is 11.8. The molecule has 3 nitrogen and oxygen atoms in total. The lowest BCUT2D eigenvalue weighted by Crippen LogP contribution is -2.34. The Bertz CT molecular complexity index is 414. The van der Waals surface area contributed by atoms with Crippen molar-refractivity contribution in [1.29, 1.82) is 0 Å². The van der Waals surface area contributed by atoms with Crippen molar-refractivity contribution < 1.29 is 9.18 Å². The van der Waals surface area contributed by atoms with E-state index in [2.05, 4.69) is 5.32 Å². The van der Waals surface area contributed by atoms with E-state index < -0.39 is 5.82 Å². The average Bonchev–Trinajstić information content (AvgIpc) is 2.38. The van der Waals surface area contributed by atoms with Crippen LogP contribution in [0.4, 0.5) is 4.39 Å². The molecule has 1 amide bonds. The predicted molar refractivity (Wildman–Crippen MR) is 68.7 cm³/mol. The number of carbonyl (C=O) groups excluding carboxylic acids is 1. The highest BCUT2D eigenvalue weighted by atomic mass is 19.1. The molecule has 0 heterocycles. The van der Waals surface area contributed by atoms with Crippen LogP contribution in [-0.4, -0.2) is 18.5 Å². The van der Waals surface area contributed by atoms with Gasteiger partial charge in [-0.2, -0.15) is 0 Å². The van der Waals surface area contributed by atoms with Crippen LogP contribution in [0.1, 0.15) is 36.0 Å². The molecule has 98 valence electrons. The van der Waals surface area contributed by atoms with Crippen LogP contribution >= 0.6 is 0 Å². The molecule has 0 bridgehead atoms. The lowest BCUT2D eigenvalue weighted by atomic mass is 9.86. The van der Waals surface area contributed by atoms with Crippen LogP contribution in [-0.2, 0) is 0 Å². The van der Waals surface area contributed by atoms with Crippen molar-refractivity contribution >= 4 is 5.91 Å². The molecule has 0 unspecified atom stereocenters. The highest BCUT2D eigenvalue weighted by molar-refractivity contribution is 5.94. The summed E-state index contributed by atoms with van der Waals surface area (Å²) < 4.78 is 13.4. The first kappa shape index (κ1) is 13.0. The quantitative estimate of drug-likeness (QED) is 0.863. The van der Waals surface area contributed by atoms with E-state index >= 15 is 0 Å². The highest BCUT2D eigenvalue weighted by Crippen LogP contribution is 2.22. The molecule has 0 aromatic heterocycles. The molecule has 1 aliphatic carbocycles. The second kappa shape index (κ2) is 5.96. The van der Waals surface area contributed by atoms with Gasteiger partial charge in [0.2, 0.25) is 0 Å². The van der Waals surface area contributed by atoms with Crippen molar-refractivity contribution in [2.45, 2.75) is 31.7 Å². The first-order valence-corrected chi connectivity index (χ1v) is 6.45. The summed E-state index contributed by atoms with van der Waals surface area (Å²) in [5, 5.41) is 2.80. The number of halogens is 1. The van der Waals surface area contributed by atoms with Gasteiger partial charge < -0.3 is 11.1 Å². The third-order valence-electron chi connectivity index (χ3n) is 3.56. The lowest BCUT2D eigenvalue weighted by molar-refractivity contribution is 0.0939. The minimum absolute atomic E-state index is 0.116. The summed E-state index contributed by atoms with van der Waals surface area (Å²) >= 11 is 0. The number of nitrogens with two attached hydrogens (primary N) is 1. The maximum atomic E-state index is 13.4. The fraction of sp³-hybridized carbons (Fsp3) is 0.500. The van der Waals surface area contributed by atoms with Gasteiger partial charge in [0.15, 0.2) is 0 Å². The number of hydrogen-bond donors (Lipinski definition) is 2. The molecular weight excluding hydrogens is 231 g/mol. The molecule has 3 N–H and O–H groups in total. The molecule has 1 fully saturated rings. The number of rotatable bonds is 3. The summed E-state index contributed by atoms with van der Waals surface area (Å²) in [5.41, 5.74) is 5.94. The van der Waals surface area contributed by atoms with Crippen molar-refractivity contribution in [3.8, 4) is 0 Å². The molecule has 1 saturated carbocycles. The third kappa shape index (κ3) is 3.29. The Morgan fingerprint density at radius 1 is 1.28 bits per heavy atom. The number of amides is 1. The third-order valence-corrected chi connectivity index (χ3v) is 3.56. The van der Waals surface area contributed by atoms with Crippen molar-refractivity contribution in [2.24, 2.45) is 11.7 Å². The van der Waals surface area contributed by atoms with E-state index in [-0.39, 0.29) is 11.5 Å². The first-order chi connectivity index (χ1) is 8.66. The van der Waals surface area contributed by atoms with Crippen LogP contribution in [0.2, 0.25) is 0 Å². The maximum Gasteiger partial charge on any atom is 0.254 e. The minimum Gasteiger partial charge on any atom is -0.352 e. The van der Waals surface area contributed by atoms with Gasteiger partial charge in [0.1, 0.15) is 5.82 Å². The van der Waals surface area contributed by atoms with E-state index in [1.54, 1.807) is 12.1 Å². The number of benzene rings is 1. The summed E-state index contributed by atoms with van der Waals surface area (Å²) in [7, 11) is 0. The fourth-order valence-electron chi connectivity index (χ4n) is 2.37. The first-order valence-electron chi connectivity index (χ1n) is 6.45. The highest BCUT2D eigenvalue weighted by Gasteiger charge is 2.19. The molecule has 0 aliphatic heterocycles. The van der Waals surface area contributed by atoms with Gasteiger partial charge in [-0.1, -0.05) is 12.1 Å². The van der Waals surface area contributed by atoms with Gasteiger partial charge in [-0.25, -0.2) is 4.39 Å². The molecule has 0 saturated heterocycles. The van der Waals surface area contributed by atoms with Crippen molar-refractivity contribution in [2.75, 3.05) is 6.54 Å². The minimum atomic E-state index is -0.472. The summed E-state index contributed by atoms with van der Waals surface area (Å²) in [5.74, 6) is -0.329. The van der Waals surface area contributed by atoms with E-state index in [0.29, 0.717) is 18.5 Å². The Balaban J connectivity index is 1.84. The zero-order valence-electron chi connectivity index (χ0n) is 10.4. The van der Waals surface area contributed by atoms with Crippen molar-refractivity contribution in [3.63, 3.8) is 0 Å². The molecule has 1 aromatic rings. The van der Waals surface area contributed by atoms with E-state index in [9.17, 15) is 9.18 Å². The molecule has 4 heteroatoms. The van der Waals surface area contributed by atoms with E-state index in [4.69, 9.17) is 5.73 Å². The summed E-state index contributed by atoms with van der Waals surface area (Å²) in [6.45, 7) is 0.611. The second-order valence-corrected chi connectivity index (χ2v) is 4.97. The van der Waals surface area contributed by atoms with Crippen LogP contribution in [0.15, 0.2) is 24.3 Å². The SMILES string of the molecule is NC1CCC(CNC(=O)c2ccccc2F)CC1. The standard InChI is InChI=1S/C14H19FN2O/c15-13-4-2-1-3-12(13)14(18)17-9-10-5-7-11(16)8-6-10/h1-4,10-11H,5-9,16H2,(H,17,18). The van der Waals surface area contributed by atoms with Gasteiger partial charge in [0.25, 0.3) is 5.91 Å². The monoisotopic (exact) mass is 250 g/mol. The molecule has 1 aliphatic rings. The molecule has 1 aromatic carbocycles. The molecule has 0 spiro atoms. The van der Waals surface area contributed by atoms with E-state index in [1.165, 1.54) is 12.1 Å². The van der Waals surface area contributed by atoms with Crippen LogP contribution < -0.4 is 11.1 Å². The van der Waals surface area contributed by atoms with Crippen LogP contribution in [0.5, 0.6) is 0 Å². The van der Waals surface area contributed by atoms with Gasteiger partial charge in [-0.3, -0.25) is 4.79 Å². The van der Waals surface area contributed by atoms with Gasteiger partial charge in [0, 0.05) is 12.6 Å².